The third-order valence-electron chi connectivity index (χ3n) is 3.25. The van der Waals surface area contributed by atoms with Gasteiger partial charge in [-0.2, -0.15) is 0 Å². The van der Waals surface area contributed by atoms with Crippen molar-refractivity contribution in [2.75, 3.05) is 11.1 Å². The van der Waals surface area contributed by atoms with Crippen molar-refractivity contribution in [3.63, 3.8) is 0 Å². The number of carbonyl (C=O) groups is 1. The van der Waals surface area contributed by atoms with E-state index < -0.39 is 0 Å². The largest absolute Gasteiger partial charge is 0.337 e. The molecule has 6 heteroatoms. The third kappa shape index (κ3) is 4.87. The van der Waals surface area contributed by atoms with Crippen LogP contribution in [0.15, 0.2) is 23.5 Å². The molecule has 0 saturated carbocycles. The molecule has 22 heavy (non-hydrogen) atoms. The van der Waals surface area contributed by atoms with Gasteiger partial charge in [-0.05, 0) is 44.4 Å². The fraction of sp³-hybridized carbons (Fsp3) is 0.438. The van der Waals surface area contributed by atoms with Gasteiger partial charge in [-0.3, -0.25) is 4.79 Å². The molecular formula is C16H22N4OS. The lowest BCUT2D eigenvalue weighted by molar-refractivity contribution is -0.113. The fourth-order valence-electron chi connectivity index (χ4n) is 2.04. The first-order valence-corrected chi connectivity index (χ1v) is 8.48. The summed E-state index contributed by atoms with van der Waals surface area (Å²) in [4.78, 5) is 23.9. The van der Waals surface area contributed by atoms with Crippen LogP contribution >= 0.6 is 11.8 Å². The van der Waals surface area contributed by atoms with E-state index >= 15 is 0 Å². The van der Waals surface area contributed by atoms with Crippen molar-refractivity contribution in [3.8, 4) is 0 Å². The predicted molar refractivity (Wildman–Crippen MR) is 90.3 cm³/mol. The Labute approximate surface area is 135 Å². The van der Waals surface area contributed by atoms with E-state index in [4.69, 9.17) is 0 Å². The average Bonchev–Trinajstić information content (AvgIpc) is 2.83. The van der Waals surface area contributed by atoms with Gasteiger partial charge in [-0.1, -0.05) is 25.1 Å². The predicted octanol–water partition coefficient (Wildman–Crippen LogP) is 3.49. The zero-order valence-corrected chi connectivity index (χ0v) is 14.1. The van der Waals surface area contributed by atoms with Crippen LogP contribution in [-0.4, -0.2) is 26.6 Å². The number of amides is 1. The van der Waals surface area contributed by atoms with Crippen LogP contribution in [0.3, 0.4) is 0 Å². The summed E-state index contributed by atoms with van der Waals surface area (Å²) in [5.41, 5.74) is 3.27. The Hall–Kier alpha value is -1.82. The van der Waals surface area contributed by atoms with Gasteiger partial charge in [0.15, 0.2) is 5.16 Å². The molecule has 0 atom stereocenters. The summed E-state index contributed by atoms with van der Waals surface area (Å²) in [5.74, 6) is 0.826. The van der Waals surface area contributed by atoms with E-state index in [0.29, 0.717) is 11.6 Å². The molecule has 0 bridgehead atoms. The maximum absolute atomic E-state index is 11.9. The van der Waals surface area contributed by atoms with Crippen LogP contribution < -0.4 is 5.32 Å². The molecule has 5 nitrogen and oxygen atoms in total. The summed E-state index contributed by atoms with van der Waals surface area (Å²) < 4.78 is 0. The Morgan fingerprint density at radius 2 is 2.23 bits per heavy atom. The lowest BCUT2D eigenvalue weighted by Gasteiger charge is -2.03. The molecule has 0 aliphatic carbocycles. The summed E-state index contributed by atoms with van der Waals surface area (Å²) in [7, 11) is 0. The summed E-state index contributed by atoms with van der Waals surface area (Å²) in [6, 6.07) is 3.75. The molecule has 2 aromatic rings. The van der Waals surface area contributed by atoms with E-state index in [-0.39, 0.29) is 5.91 Å². The smallest absolute Gasteiger partial charge is 0.236 e. The molecule has 2 rings (SSSR count). The zero-order chi connectivity index (χ0) is 15.9. The van der Waals surface area contributed by atoms with Crippen molar-refractivity contribution >= 4 is 23.5 Å². The first-order chi connectivity index (χ1) is 10.6. The van der Waals surface area contributed by atoms with E-state index in [9.17, 15) is 4.79 Å². The normalized spacial score (nSPS) is 10.7. The molecule has 1 amide bonds. The zero-order valence-electron chi connectivity index (χ0n) is 13.3. The highest BCUT2D eigenvalue weighted by Gasteiger charge is 2.10. The maximum atomic E-state index is 11.9. The molecule has 0 aliphatic rings. The van der Waals surface area contributed by atoms with Gasteiger partial charge in [0.1, 0.15) is 5.82 Å². The van der Waals surface area contributed by atoms with Crippen molar-refractivity contribution in [2.45, 2.75) is 45.2 Å². The van der Waals surface area contributed by atoms with Crippen molar-refractivity contribution < 1.29 is 4.79 Å². The van der Waals surface area contributed by atoms with E-state index in [0.717, 1.165) is 41.4 Å². The second kappa shape index (κ2) is 7.98. The molecule has 2 heterocycles. The Morgan fingerprint density at radius 1 is 1.41 bits per heavy atom. The standard InChI is InChI=1S/C16H22N4OS/c1-4-5-6-13-12(3)18-16(19-13)22-10-15(21)20-14-9-11(2)7-8-17-14/h7-9H,4-6,10H2,1-3H3,(H,18,19)(H,17,20,21). The molecular weight excluding hydrogens is 296 g/mol. The topological polar surface area (TPSA) is 70.7 Å². The van der Waals surface area contributed by atoms with Crippen molar-refractivity contribution in [2.24, 2.45) is 0 Å². The van der Waals surface area contributed by atoms with Gasteiger partial charge in [0.25, 0.3) is 0 Å². The van der Waals surface area contributed by atoms with Gasteiger partial charge in [0, 0.05) is 11.9 Å². The van der Waals surface area contributed by atoms with Crippen LogP contribution in [0.2, 0.25) is 0 Å². The highest BCUT2D eigenvalue weighted by Crippen LogP contribution is 2.18. The lowest BCUT2D eigenvalue weighted by atomic mass is 10.2. The highest BCUT2D eigenvalue weighted by atomic mass is 32.2. The Morgan fingerprint density at radius 3 is 2.95 bits per heavy atom. The van der Waals surface area contributed by atoms with Gasteiger partial charge in [0.2, 0.25) is 5.91 Å². The first kappa shape index (κ1) is 16.5. The van der Waals surface area contributed by atoms with E-state index in [1.807, 2.05) is 26.0 Å². The minimum atomic E-state index is -0.0766. The molecule has 0 spiro atoms. The minimum absolute atomic E-state index is 0.0766. The summed E-state index contributed by atoms with van der Waals surface area (Å²) in [6.07, 6.45) is 4.96. The number of thioether (sulfide) groups is 1. The summed E-state index contributed by atoms with van der Waals surface area (Å²) in [5, 5.41) is 3.60. The number of nitrogens with one attached hydrogen (secondary N) is 2. The number of hydrogen-bond donors (Lipinski definition) is 2. The van der Waals surface area contributed by atoms with Crippen LogP contribution in [0, 0.1) is 13.8 Å². The number of aromatic nitrogens is 3. The number of pyridine rings is 1. The van der Waals surface area contributed by atoms with E-state index in [1.54, 1.807) is 6.20 Å². The molecule has 2 N–H and O–H groups in total. The second-order valence-corrected chi connectivity index (χ2v) is 6.24. The Kier molecular flexibility index (Phi) is 6.00. The Balaban J connectivity index is 1.86. The molecule has 0 unspecified atom stereocenters. The van der Waals surface area contributed by atoms with Crippen LogP contribution in [0.5, 0.6) is 0 Å². The molecule has 0 radical (unpaired) electrons. The SMILES string of the molecule is CCCCc1nc(SCC(=O)Nc2cc(C)ccn2)[nH]c1C. The van der Waals surface area contributed by atoms with Crippen molar-refractivity contribution in [1.29, 1.82) is 0 Å². The first-order valence-electron chi connectivity index (χ1n) is 7.49. The number of aryl methyl sites for hydroxylation is 3. The minimum Gasteiger partial charge on any atom is -0.337 e. The number of aromatic amines is 1. The van der Waals surface area contributed by atoms with Crippen LogP contribution in [0.25, 0.3) is 0 Å². The van der Waals surface area contributed by atoms with Gasteiger partial charge < -0.3 is 10.3 Å². The lowest BCUT2D eigenvalue weighted by Crippen LogP contribution is -2.15. The second-order valence-electron chi connectivity index (χ2n) is 5.27. The average molecular weight is 318 g/mol. The van der Waals surface area contributed by atoms with E-state index in [2.05, 4.69) is 27.2 Å². The number of nitrogens with zero attached hydrogens (tertiary/aromatic N) is 2. The molecule has 0 fully saturated rings. The van der Waals surface area contributed by atoms with Crippen LogP contribution in [0.1, 0.15) is 36.7 Å². The maximum Gasteiger partial charge on any atom is 0.236 e. The third-order valence-corrected chi connectivity index (χ3v) is 4.13. The number of H-pyrrole nitrogens is 1. The van der Waals surface area contributed by atoms with Crippen LogP contribution in [-0.2, 0) is 11.2 Å². The van der Waals surface area contributed by atoms with Gasteiger partial charge >= 0.3 is 0 Å². The molecule has 0 aromatic carbocycles. The van der Waals surface area contributed by atoms with E-state index in [1.165, 1.54) is 11.8 Å². The van der Waals surface area contributed by atoms with Gasteiger partial charge in [-0.25, -0.2) is 9.97 Å². The van der Waals surface area contributed by atoms with Gasteiger partial charge in [-0.15, -0.1) is 0 Å². The number of hydrogen-bond acceptors (Lipinski definition) is 4. The molecule has 2 aromatic heterocycles. The summed E-state index contributed by atoms with van der Waals surface area (Å²) >= 11 is 1.41. The van der Waals surface area contributed by atoms with Crippen molar-refractivity contribution in [3.05, 3.63) is 35.3 Å². The monoisotopic (exact) mass is 318 g/mol. The number of carbonyl (C=O) groups excluding carboxylic acids is 1. The fourth-order valence-corrected chi connectivity index (χ4v) is 2.78. The molecule has 0 saturated heterocycles. The number of anilines is 1. The number of unbranched alkanes of at least 4 members (excludes halogenated alkanes) is 1. The number of imidazole rings is 1. The van der Waals surface area contributed by atoms with Gasteiger partial charge in [0.05, 0.1) is 11.4 Å². The Bertz CT molecular complexity index is 639. The van der Waals surface area contributed by atoms with Crippen LogP contribution in [0.4, 0.5) is 5.82 Å². The number of rotatable bonds is 7. The van der Waals surface area contributed by atoms with Crippen molar-refractivity contribution in [1.82, 2.24) is 15.0 Å². The quantitative estimate of drug-likeness (QED) is 0.767. The molecule has 0 aliphatic heterocycles. The summed E-state index contributed by atoms with van der Waals surface area (Å²) in [6.45, 7) is 6.16. The molecule has 118 valence electrons. The highest BCUT2D eigenvalue weighted by molar-refractivity contribution is 7.99.